The Labute approximate surface area is 75.8 Å². The molecule has 0 unspecified atom stereocenters. The van der Waals surface area contributed by atoms with Gasteiger partial charge in [-0.15, -0.1) is 0 Å². The van der Waals surface area contributed by atoms with E-state index >= 15 is 0 Å². The number of imidazole rings is 1. The third kappa shape index (κ3) is 1.51. The second-order valence-electron chi connectivity index (χ2n) is 2.53. The van der Waals surface area contributed by atoms with Gasteiger partial charge in [-0.2, -0.15) is 0 Å². The highest BCUT2D eigenvalue weighted by atomic mass is 16.5. The summed E-state index contributed by atoms with van der Waals surface area (Å²) in [5.41, 5.74) is 0.990. The summed E-state index contributed by atoms with van der Waals surface area (Å²) in [6.07, 6.45) is 7.03. The molecule has 0 saturated heterocycles. The molecule has 4 nitrogen and oxygen atoms in total. The van der Waals surface area contributed by atoms with Crippen molar-refractivity contribution in [2.75, 3.05) is 7.11 Å². The minimum Gasteiger partial charge on any atom is -0.481 e. The van der Waals surface area contributed by atoms with Crippen molar-refractivity contribution in [3.05, 3.63) is 37.1 Å². The monoisotopic (exact) mass is 175 g/mol. The number of rotatable bonds is 2. The van der Waals surface area contributed by atoms with Crippen LogP contribution < -0.4 is 4.74 Å². The number of hydrogen-bond donors (Lipinski definition) is 0. The van der Waals surface area contributed by atoms with E-state index in [1.54, 1.807) is 25.8 Å². The quantitative estimate of drug-likeness (QED) is 0.690. The second kappa shape index (κ2) is 3.26. The zero-order valence-corrected chi connectivity index (χ0v) is 7.21. The van der Waals surface area contributed by atoms with Crippen molar-refractivity contribution < 1.29 is 4.74 Å². The van der Waals surface area contributed by atoms with Crippen LogP contribution in [0.2, 0.25) is 0 Å². The van der Waals surface area contributed by atoms with Crippen molar-refractivity contribution in [2.24, 2.45) is 0 Å². The molecule has 0 saturated carbocycles. The summed E-state index contributed by atoms with van der Waals surface area (Å²) in [5, 5.41) is 0. The fraction of sp³-hybridized carbons (Fsp3) is 0.111. The van der Waals surface area contributed by atoms with Gasteiger partial charge in [-0.05, 0) is 6.07 Å². The van der Waals surface area contributed by atoms with Gasteiger partial charge in [0.2, 0.25) is 5.88 Å². The van der Waals surface area contributed by atoms with Crippen molar-refractivity contribution in [2.45, 2.75) is 0 Å². The van der Waals surface area contributed by atoms with Gasteiger partial charge in [0.25, 0.3) is 0 Å². The summed E-state index contributed by atoms with van der Waals surface area (Å²) in [5.74, 6) is 0.603. The smallest absolute Gasteiger partial charge is 0.215 e. The van der Waals surface area contributed by atoms with Crippen LogP contribution in [0.3, 0.4) is 0 Å². The number of pyridine rings is 1. The Balaban J connectivity index is 2.41. The van der Waals surface area contributed by atoms with Crippen molar-refractivity contribution in [1.29, 1.82) is 0 Å². The third-order valence-electron chi connectivity index (χ3n) is 1.73. The standard InChI is InChI=1S/C9H9N3O/c1-13-9-6-8(2-3-11-9)12-5-4-10-7-12/h2-7H,1H3. The maximum Gasteiger partial charge on any atom is 0.215 e. The van der Waals surface area contributed by atoms with E-state index in [0.717, 1.165) is 5.69 Å². The lowest BCUT2D eigenvalue weighted by molar-refractivity contribution is 0.397. The Bertz CT molecular complexity index is 384. The average molecular weight is 175 g/mol. The predicted octanol–water partition coefficient (Wildman–Crippen LogP) is 1.28. The lowest BCUT2D eigenvalue weighted by Crippen LogP contribution is -1.92. The molecule has 0 amide bonds. The van der Waals surface area contributed by atoms with Crippen LogP contribution in [0.25, 0.3) is 5.69 Å². The molecule has 13 heavy (non-hydrogen) atoms. The number of nitrogens with zero attached hydrogens (tertiary/aromatic N) is 3. The van der Waals surface area contributed by atoms with Crippen LogP contribution in [-0.2, 0) is 0 Å². The Hall–Kier alpha value is -1.84. The number of hydrogen-bond acceptors (Lipinski definition) is 3. The zero-order chi connectivity index (χ0) is 9.10. The summed E-state index contributed by atoms with van der Waals surface area (Å²) in [6.45, 7) is 0. The van der Waals surface area contributed by atoms with Crippen molar-refractivity contribution in [3.8, 4) is 11.6 Å². The summed E-state index contributed by atoms with van der Waals surface area (Å²) < 4.78 is 6.90. The van der Waals surface area contributed by atoms with E-state index < -0.39 is 0 Å². The van der Waals surface area contributed by atoms with Gasteiger partial charge in [0, 0.05) is 24.7 Å². The van der Waals surface area contributed by atoms with E-state index in [2.05, 4.69) is 9.97 Å². The molecule has 0 fully saturated rings. The van der Waals surface area contributed by atoms with Crippen molar-refractivity contribution in [1.82, 2.24) is 14.5 Å². The molecule has 2 aromatic heterocycles. The zero-order valence-electron chi connectivity index (χ0n) is 7.21. The maximum atomic E-state index is 5.01. The van der Waals surface area contributed by atoms with E-state index in [1.807, 2.05) is 22.9 Å². The largest absolute Gasteiger partial charge is 0.481 e. The van der Waals surface area contributed by atoms with Gasteiger partial charge in [0.1, 0.15) is 0 Å². The first-order valence-electron chi connectivity index (χ1n) is 3.88. The van der Waals surface area contributed by atoms with Crippen LogP contribution in [0.4, 0.5) is 0 Å². The van der Waals surface area contributed by atoms with Gasteiger partial charge in [0.15, 0.2) is 0 Å². The van der Waals surface area contributed by atoms with Crippen molar-refractivity contribution in [3.63, 3.8) is 0 Å². The van der Waals surface area contributed by atoms with E-state index in [0.29, 0.717) is 5.88 Å². The van der Waals surface area contributed by atoms with Gasteiger partial charge < -0.3 is 9.30 Å². The molecule has 66 valence electrons. The van der Waals surface area contributed by atoms with E-state index in [4.69, 9.17) is 4.74 Å². The average Bonchev–Trinajstić information content (AvgIpc) is 2.71. The third-order valence-corrected chi connectivity index (χ3v) is 1.73. The van der Waals surface area contributed by atoms with Gasteiger partial charge in [-0.25, -0.2) is 9.97 Å². The molecular formula is C9H9N3O. The van der Waals surface area contributed by atoms with Crippen LogP contribution in [0.5, 0.6) is 5.88 Å². The first-order valence-corrected chi connectivity index (χ1v) is 3.88. The highest BCUT2D eigenvalue weighted by molar-refractivity contribution is 5.34. The van der Waals surface area contributed by atoms with Gasteiger partial charge in [-0.1, -0.05) is 0 Å². The van der Waals surface area contributed by atoms with Gasteiger partial charge in [-0.3, -0.25) is 0 Å². The summed E-state index contributed by atoms with van der Waals surface area (Å²) >= 11 is 0. The minimum absolute atomic E-state index is 0.603. The molecule has 0 aliphatic heterocycles. The topological polar surface area (TPSA) is 39.9 Å². The first kappa shape index (κ1) is 7.79. The Morgan fingerprint density at radius 2 is 2.31 bits per heavy atom. The van der Waals surface area contributed by atoms with Crippen LogP contribution >= 0.6 is 0 Å². The molecule has 2 aromatic rings. The fourth-order valence-electron chi connectivity index (χ4n) is 1.08. The molecule has 0 aliphatic rings. The molecule has 0 aromatic carbocycles. The highest BCUT2D eigenvalue weighted by Crippen LogP contribution is 2.12. The summed E-state index contributed by atoms with van der Waals surface area (Å²) in [6, 6.07) is 3.74. The molecule has 0 atom stereocenters. The molecule has 0 bridgehead atoms. The number of ether oxygens (including phenoxy) is 1. The Morgan fingerprint density at radius 1 is 1.38 bits per heavy atom. The number of aromatic nitrogens is 3. The lowest BCUT2D eigenvalue weighted by Gasteiger charge is -2.02. The fourth-order valence-corrected chi connectivity index (χ4v) is 1.08. The highest BCUT2D eigenvalue weighted by Gasteiger charge is 1.97. The molecule has 0 N–H and O–H groups in total. The molecule has 4 heteroatoms. The van der Waals surface area contributed by atoms with E-state index in [9.17, 15) is 0 Å². The second-order valence-corrected chi connectivity index (χ2v) is 2.53. The van der Waals surface area contributed by atoms with Crippen LogP contribution in [-0.4, -0.2) is 21.6 Å². The molecule has 2 heterocycles. The minimum atomic E-state index is 0.603. The lowest BCUT2D eigenvalue weighted by atomic mass is 10.4. The normalized spacial score (nSPS) is 9.92. The summed E-state index contributed by atoms with van der Waals surface area (Å²) in [7, 11) is 1.60. The van der Waals surface area contributed by atoms with E-state index in [1.165, 1.54) is 0 Å². The van der Waals surface area contributed by atoms with E-state index in [-0.39, 0.29) is 0 Å². The molecule has 0 radical (unpaired) electrons. The molecular weight excluding hydrogens is 166 g/mol. The van der Waals surface area contributed by atoms with Crippen molar-refractivity contribution >= 4 is 0 Å². The Morgan fingerprint density at radius 3 is 3.00 bits per heavy atom. The van der Waals surface area contributed by atoms with Crippen LogP contribution in [0.1, 0.15) is 0 Å². The first-order chi connectivity index (χ1) is 6.40. The molecule has 0 spiro atoms. The number of methoxy groups -OCH3 is 1. The predicted molar refractivity (Wildman–Crippen MR) is 47.9 cm³/mol. The van der Waals surface area contributed by atoms with Crippen LogP contribution in [0.15, 0.2) is 37.1 Å². The van der Waals surface area contributed by atoms with Gasteiger partial charge >= 0.3 is 0 Å². The van der Waals surface area contributed by atoms with Crippen LogP contribution in [0, 0.1) is 0 Å². The molecule has 2 rings (SSSR count). The molecule has 0 aliphatic carbocycles. The SMILES string of the molecule is COc1cc(-n2ccnc2)ccn1. The van der Waals surface area contributed by atoms with Gasteiger partial charge in [0.05, 0.1) is 19.1 Å². The summed E-state index contributed by atoms with van der Waals surface area (Å²) in [4.78, 5) is 7.97. The maximum absolute atomic E-state index is 5.01. The Kier molecular flexibility index (Phi) is 1.96.